The molecule has 0 unspecified atom stereocenters. The van der Waals surface area contributed by atoms with Crippen LogP contribution in [-0.4, -0.2) is 17.2 Å². The monoisotopic (exact) mass is 143 g/mol. The third-order valence-corrected chi connectivity index (χ3v) is 1.75. The maximum atomic E-state index is 10.1. The molecule has 1 aliphatic carbocycles. The second kappa shape index (κ2) is 2.90. The lowest BCUT2D eigenvalue weighted by Gasteiger charge is -2.08. The van der Waals surface area contributed by atoms with E-state index in [1.807, 2.05) is 6.92 Å². The van der Waals surface area contributed by atoms with Crippen molar-refractivity contribution >= 4 is 6.09 Å². The highest BCUT2D eigenvalue weighted by Crippen LogP contribution is 2.33. The van der Waals surface area contributed by atoms with Crippen LogP contribution in [0.4, 0.5) is 4.79 Å². The van der Waals surface area contributed by atoms with Gasteiger partial charge in [-0.05, 0) is 19.3 Å². The zero-order valence-corrected chi connectivity index (χ0v) is 6.13. The highest BCUT2D eigenvalue weighted by atomic mass is 16.4. The Labute approximate surface area is 60.4 Å². The molecular weight excluding hydrogens is 130 g/mol. The number of nitrogens with one attached hydrogen (secondary N) is 1. The van der Waals surface area contributed by atoms with Gasteiger partial charge in [0.15, 0.2) is 0 Å². The predicted molar refractivity (Wildman–Crippen MR) is 38.0 cm³/mol. The lowest BCUT2D eigenvalue weighted by Crippen LogP contribution is -2.31. The first-order valence-electron chi connectivity index (χ1n) is 3.68. The van der Waals surface area contributed by atoms with Crippen LogP contribution in [0.1, 0.15) is 26.2 Å². The largest absolute Gasteiger partial charge is 0.465 e. The fraction of sp³-hybridized carbons (Fsp3) is 0.857. The SMILES string of the molecule is C[C@@H](CC1CC1)NC(=O)O. The molecule has 1 aliphatic rings. The summed E-state index contributed by atoms with van der Waals surface area (Å²) in [5.41, 5.74) is 0. The summed E-state index contributed by atoms with van der Waals surface area (Å²) in [7, 11) is 0. The Morgan fingerprint density at radius 3 is 2.80 bits per heavy atom. The van der Waals surface area contributed by atoms with Gasteiger partial charge in [0.25, 0.3) is 0 Å². The van der Waals surface area contributed by atoms with E-state index >= 15 is 0 Å². The number of amides is 1. The highest BCUT2D eigenvalue weighted by Gasteiger charge is 2.23. The van der Waals surface area contributed by atoms with Crippen LogP contribution >= 0.6 is 0 Å². The van der Waals surface area contributed by atoms with Gasteiger partial charge in [0, 0.05) is 6.04 Å². The molecule has 3 nitrogen and oxygen atoms in total. The number of carboxylic acid groups (broad SMARTS) is 1. The highest BCUT2D eigenvalue weighted by molar-refractivity contribution is 5.64. The second-order valence-electron chi connectivity index (χ2n) is 3.03. The minimum absolute atomic E-state index is 0.130. The van der Waals surface area contributed by atoms with Crippen LogP contribution in [0.15, 0.2) is 0 Å². The fourth-order valence-electron chi connectivity index (χ4n) is 1.12. The smallest absolute Gasteiger partial charge is 0.404 e. The molecule has 1 amide bonds. The van der Waals surface area contributed by atoms with E-state index in [4.69, 9.17) is 5.11 Å². The lowest BCUT2D eigenvalue weighted by molar-refractivity contribution is 0.190. The van der Waals surface area contributed by atoms with Crippen molar-refractivity contribution in [2.24, 2.45) is 5.92 Å². The van der Waals surface area contributed by atoms with Crippen LogP contribution in [0.5, 0.6) is 0 Å². The summed E-state index contributed by atoms with van der Waals surface area (Å²) in [4.78, 5) is 10.1. The predicted octanol–water partition coefficient (Wildman–Crippen LogP) is 1.44. The normalized spacial score (nSPS) is 20.1. The first-order chi connectivity index (χ1) is 4.68. The van der Waals surface area contributed by atoms with Crippen LogP contribution in [0.2, 0.25) is 0 Å². The average Bonchev–Trinajstić information content (AvgIpc) is 2.46. The Hall–Kier alpha value is -0.730. The molecule has 1 fully saturated rings. The summed E-state index contributed by atoms with van der Waals surface area (Å²) in [5.74, 6) is 0.793. The third-order valence-electron chi connectivity index (χ3n) is 1.75. The zero-order chi connectivity index (χ0) is 7.56. The van der Waals surface area contributed by atoms with E-state index in [2.05, 4.69) is 5.32 Å². The van der Waals surface area contributed by atoms with Crippen molar-refractivity contribution in [1.82, 2.24) is 5.32 Å². The van der Waals surface area contributed by atoms with E-state index in [1.54, 1.807) is 0 Å². The second-order valence-corrected chi connectivity index (χ2v) is 3.03. The van der Waals surface area contributed by atoms with E-state index in [0.717, 1.165) is 12.3 Å². The Balaban J connectivity index is 2.07. The molecule has 1 atom stereocenters. The molecule has 0 aliphatic heterocycles. The molecule has 0 heterocycles. The van der Waals surface area contributed by atoms with Gasteiger partial charge in [-0.2, -0.15) is 0 Å². The van der Waals surface area contributed by atoms with Crippen molar-refractivity contribution < 1.29 is 9.90 Å². The molecule has 3 heteroatoms. The molecule has 58 valence electrons. The van der Waals surface area contributed by atoms with Crippen molar-refractivity contribution in [3.63, 3.8) is 0 Å². The minimum atomic E-state index is -0.909. The van der Waals surface area contributed by atoms with Gasteiger partial charge in [-0.25, -0.2) is 4.79 Å². The summed E-state index contributed by atoms with van der Waals surface area (Å²) in [6, 6.07) is 0.130. The number of hydrogen-bond donors (Lipinski definition) is 2. The van der Waals surface area contributed by atoms with Gasteiger partial charge in [-0.1, -0.05) is 12.8 Å². The first-order valence-corrected chi connectivity index (χ1v) is 3.68. The van der Waals surface area contributed by atoms with E-state index in [-0.39, 0.29) is 6.04 Å². The number of carbonyl (C=O) groups is 1. The van der Waals surface area contributed by atoms with E-state index in [1.165, 1.54) is 12.8 Å². The van der Waals surface area contributed by atoms with Crippen molar-refractivity contribution in [2.75, 3.05) is 0 Å². The van der Waals surface area contributed by atoms with Crippen LogP contribution in [-0.2, 0) is 0 Å². The van der Waals surface area contributed by atoms with Crippen molar-refractivity contribution in [3.8, 4) is 0 Å². The Kier molecular flexibility index (Phi) is 2.14. The summed E-state index contributed by atoms with van der Waals surface area (Å²) >= 11 is 0. The lowest BCUT2D eigenvalue weighted by atomic mass is 10.2. The molecule has 0 aromatic carbocycles. The van der Waals surface area contributed by atoms with Gasteiger partial charge in [-0.15, -0.1) is 0 Å². The maximum absolute atomic E-state index is 10.1. The molecular formula is C7H13NO2. The van der Waals surface area contributed by atoms with Crippen LogP contribution in [0, 0.1) is 5.92 Å². The molecule has 0 spiro atoms. The Morgan fingerprint density at radius 1 is 1.80 bits per heavy atom. The van der Waals surface area contributed by atoms with Crippen molar-refractivity contribution in [2.45, 2.75) is 32.2 Å². The zero-order valence-electron chi connectivity index (χ0n) is 6.13. The van der Waals surface area contributed by atoms with Gasteiger partial charge >= 0.3 is 6.09 Å². The van der Waals surface area contributed by atoms with E-state index in [9.17, 15) is 4.79 Å². The number of hydrogen-bond acceptors (Lipinski definition) is 1. The van der Waals surface area contributed by atoms with E-state index in [0.29, 0.717) is 0 Å². The van der Waals surface area contributed by atoms with E-state index < -0.39 is 6.09 Å². The van der Waals surface area contributed by atoms with Crippen LogP contribution < -0.4 is 5.32 Å². The quantitative estimate of drug-likeness (QED) is 0.628. The molecule has 1 rings (SSSR count). The van der Waals surface area contributed by atoms with Gasteiger partial charge in [0.05, 0.1) is 0 Å². The first kappa shape index (κ1) is 7.38. The Morgan fingerprint density at radius 2 is 2.40 bits per heavy atom. The molecule has 0 aromatic heterocycles. The standard InChI is InChI=1S/C7H13NO2/c1-5(8-7(9)10)4-6-2-3-6/h5-6,8H,2-4H2,1H3,(H,9,10)/t5-/m0/s1. The molecule has 1 saturated carbocycles. The van der Waals surface area contributed by atoms with Gasteiger partial charge in [0.2, 0.25) is 0 Å². The van der Waals surface area contributed by atoms with Gasteiger partial charge in [0.1, 0.15) is 0 Å². The fourth-order valence-corrected chi connectivity index (χ4v) is 1.12. The van der Waals surface area contributed by atoms with Crippen molar-refractivity contribution in [3.05, 3.63) is 0 Å². The summed E-state index contributed by atoms with van der Waals surface area (Å²) in [5, 5.41) is 10.7. The maximum Gasteiger partial charge on any atom is 0.404 e. The average molecular weight is 143 g/mol. The summed E-state index contributed by atoms with van der Waals surface area (Å²) < 4.78 is 0. The minimum Gasteiger partial charge on any atom is -0.465 e. The van der Waals surface area contributed by atoms with Crippen LogP contribution in [0.3, 0.4) is 0 Å². The molecule has 10 heavy (non-hydrogen) atoms. The topological polar surface area (TPSA) is 49.3 Å². The molecule has 0 bridgehead atoms. The Bertz CT molecular complexity index is 132. The molecule has 0 radical (unpaired) electrons. The summed E-state index contributed by atoms with van der Waals surface area (Å²) in [6.07, 6.45) is 2.66. The van der Waals surface area contributed by atoms with Crippen molar-refractivity contribution in [1.29, 1.82) is 0 Å². The van der Waals surface area contributed by atoms with Gasteiger partial charge < -0.3 is 10.4 Å². The molecule has 2 N–H and O–H groups in total. The third kappa shape index (κ3) is 2.71. The van der Waals surface area contributed by atoms with Gasteiger partial charge in [-0.3, -0.25) is 0 Å². The summed E-state index contributed by atoms with van der Waals surface area (Å²) in [6.45, 7) is 1.91. The number of rotatable bonds is 3. The van der Waals surface area contributed by atoms with Crippen LogP contribution in [0.25, 0.3) is 0 Å². The molecule has 0 saturated heterocycles. The molecule has 0 aromatic rings.